The first-order chi connectivity index (χ1) is 58.0. The van der Waals surface area contributed by atoms with Crippen molar-refractivity contribution in [1.29, 1.82) is 0 Å². The molecule has 4 aliphatic rings. The Hall–Kier alpha value is -12.3. The summed E-state index contributed by atoms with van der Waals surface area (Å²) in [4.78, 5) is 144. The number of imidazole rings is 4. The highest BCUT2D eigenvalue weighted by Gasteiger charge is 2.43. The Bertz CT molecular complexity index is 5100. The Kier molecular flexibility index (Phi) is 24.4. The van der Waals surface area contributed by atoms with Gasteiger partial charge in [0.15, 0.2) is 0 Å². The lowest BCUT2D eigenvalue weighted by Gasteiger charge is -2.30. The summed E-state index contributed by atoms with van der Waals surface area (Å²) in [5.74, 6) is 1.69. The fraction of sp³-hybridized carbons (Fsp3) is 0.409. The average molecular weight is 1670 g/mol. The molecule has 0 spiro atoms. The number of amides is 8. The first-order valence-corrected chi connectivity index (χ1v) is 42.6. The van der Waals surface area contributed by atoms with Crippen LogP contribution >= 0.6 is 22.7 Å². The number of likely N-dealkylation sites (tertiary alicyclic amines) is 4. The van der Waals surface area contributed by atoms with Gasteiger partial charge in [0.2, 0.25) is 23.6 Å². The highest BCUT2D eigenvalue weighted by molar-refractivity contribution is 7.19. The van der Waals surface area contributed by atoms with Crippen LogP contribution in [0.5, 0.6) is 0 Å². The number of methoxy groups -OCH3 is 4. The molecule has 8 amide bonds. The van der Waals surface area contributed by atoms with Crippen LogP contribution in [0, 0.1) is 23.7 Å². The molecule has 30 nitrogen and oxygen atoms in total. The number of ether oxygens (including phenoxy) is 4. The zero-order valence-electron chi connectivity index (χ0n) is 69.1. The molecule has 628 valence electrons. The Morgan fingerprint density at radius 2 is 0.608 bits per heavy atom. The van der Waals surface area contributed by atoms with Crippen molar-refractivity contribution in [2.75, 3.05) is 54.6 Å². The second-order valence-corrected chi connectivity index (χ2v) is 34.0. The highest BCUT2D eigenvalue weighted by atomic mass is 32.1. The second kappa shape index (κ2) is 35.3. The molecule has 12 aromatic rings. The Morgan fingerprint density at radius 1 is 0.358 bits per heavy atom. The summed E-state index contributed by atoms with van der Waals surface area (Å²) >= 11 is 3.40. The monoisotopic (exact) mass is 1670 g/mol. The average Bonchev–Trinajstić information content (AvgIpc) is 1.57. The molecule has 0 radical (unpaired) electrons. The first kappa shape index (κ1) is 82.8. The number of hydrogen-bond donors (Lipinski definition) is 8. The van der Waals surface area contributed by atoms with E-state index in [1.54, 1.807) is 57.4 Å². The van der Waals surface area contributed by atoms with E-state index < -0.39 is 48.5 Å². The summed E-state index contributed by atoms with van der Waals surface area (Å²) in [6.45, 7) is 17.5. The summed E-state index contributed by atoms with van der Waals surface area (Å²) in [6.07, 6.45) is 14.4. The topological polar surface area (TPSA) is 376 Å². The number of fused-ring (bicyclic) bond motifs is 4. The molecule has 16 rings (SSSR count). The lowest BCUT2D eigenvalue weighted by molar-refractivity contribution is -0.136. The van der Waals surface area contributed by atoms with E-state index in [1.807, 2.05) is 114 Å². The van der Waals surface area contributed by atoms with Gasteiger partial charge in [-0.25, -0.2) is 39.1 Å². The zero-order valence-corrected chi connectivity index (χ0v) is 70.7. The molecule has 8 aromatic heterocycles. The van der Waals surface area contributed by atoms with Crippen LogP contribution in [0.1, 0.15) is 154 Å². The van der Waals surface area contributed by atoms with Crippen LogP contribution in [0.3, 0.4) is 0 Å². The van der Waals surface area contributed by atoms with E-state index in [9.17, 15) is 38.4 Å². The highest BCUT2D eigenvalue weighted by Crippen LogP contribution is 2.47. The fourth-order valence-electron chi connectivity index (χ4n) is 17.4. The van der Waals surface area contributed by atoms with Gasteiger partial charge in [0.25, 0.3) is 0 Å². The van der Waals surface area contributed by atoms with Crippen LogP contribution in [0.25, 0.3) is 109 Å². The summed E-state index contributed by atoms with van der Waals surface area (Å²) in [7, 11) is 5.16. The van der Waals surface area contributed by atoms with E-state index in [4.69, 9.17) is 47.7 Å². The maximum absolute atomic E-state index is 13.7. The molecule has 0 saturated carbocycles. The van der Waals surface area contributed by atoms with Crippen molar-refractivity contribution in [3.8, 4) is 67.3 Å². The van der Waals surface area contributed by atoms with Crippen molar-refractivity contribution in [3.63, 3.8) is 0 Å². The molecule has 4 aromatic carbocycles. The predicted octanol–water partition coefficient (Wildman–Crippen LogP) is 16.4. The van der Waals surface area contributed by atoms with Crippen molar-refractivity contribution in [2.24, 2.45) is 23.7 Å². The minimum absolute atomic E-state index is 0.116. The van der Waals surface area contributed by atoms with Crippen LogP contribution in [0.2, 0.25) is 0 Å². The number of benzene rings is 4. The van der Waals surface area contributed by atoms with E-state index >= 15 is 0 Å². The molecule has 8 N–H and O–H groups in total. The molecule has 0 aliphatic carbocycles. The third kappa shape index (κ3) is 16.2. The fourth-order valence-corrected chi connectivity index (χ4v) is 19.3. The Labute approximate surface area is 700 Å². The van der Waals surface area contributed by atoms with Gasteiger partial charge < -0.3 is 88.6 Å². The number of nitrogens with one attached hydrogen (secondary N) is 8. The van der Waals surface area contributed by atoms with Gasteiger partial charge in [0, 0.05) is 102 Å². The molecule has 0 unspecified atom stereocenters. The molecule has 8 atom stereocenters. The van der Waals surface area contributed by atoms with Gasteiger partial charge in [-0.1, -0.05) is 91.8 Å². The Balaban J connectivity index is 0.000000187. The normalized spacial score (nSPS) is 17.8. The number of alkyl carbamates (subject to hydrolysis) is 4. The zero-order chi connectivity index (χ0) is 84.5. The maximum Gasteiger partial charge on any atom is 0.407 e. The number of carbonyl (C=O) groups excluding carboxylic acids is 8. The van der Waals surface area contributed by atoms with E-state index in [0.717, 1.165) is 161 Å². The summed E-state index contributed by atoms with van der Waals surface area (Å²) in [5.41, 5.74) is 12.5. The molecule has 32 heteroatoms. The van der Waals surface area contributed by atoms with Gasteiger partial charge in [0.05, 0.1) is 113 Å². The number of nitrogens with zero attached hydrogens (tertiary/aromatic N) is 8. The number of carbonyl (C=O) groups is 8. The number of thiophene rings is 2. The first-order valence-electron chi connectivity index (χ1n) is 40.8. The largest absolute Gasteiger partial charge is 0.464 e. The van der Waals surface area contributed by atoms with Crippen LogP contribution < -0.4 is 21.3 Å². The lowest BCUT2D eigenvalue weighted by Crippen LogP contribution is -2.51. The predicted molar refractivity (Wildman–Crippen MR) is 456 cm³/mol. The van der Waals surface area contributed by atoms with Gasteiger partial charge in [-0.15, -0.1) is 22.7 Å². The van der Waals surface area contributed by atoms with Crippen LogP contribution in [-0.4, -0.2) is 186 Å². The standard InChI is InChI=1S/C44H50N8O8.C44H50N8O6S2/c2*1-23(2)35(49-43(55)57-5)41(53)51-17-7-9-33(51)39-45-21-31(47-39)25-11-13-27(37-29(25)15-19-59-37)28-14-12-26(30-16-20-60-38(28)30)32-22-46-40(48-32)34-10-8-18-52(34)42(54)36(24(3)4)50-44(56)58-6/h2*11-16,19-24,33-36H,7-10,17-18H2,1-6H3,(H,45,47)(H,46,48)(H,49,55)(H,50,56)/t2*33-,34-,35-,36-/m00/s1. The minimum Gasteiger partial charge on any atom is -0.464 e. The van der Waals surface area contributed by atoms with Gasteiger partial charge in [0.1, 0.15) is 58.6 Å². The smallest absolute Gasteiger partial charge is 0.407 e. The SMILES string of the molecule is COC(=O)N[C@H](C(=O)N1CCC[C@H]1c1ncc(-c2ccc(-c3ccc(-c4cnc([C@@H]5CCCN5C(=O)[C@@H](NC(=O)OC)C(C)C)[nH]4)c4ccoc34)c3occc23)[nH]1)C(C)C.COC(=O)N[C@H](C(=O)N1CCC[C@H]1c1ncc(-c2ccc(-c3ccc(-c4cnc([C@@H]5CCCN5C(=O)[C@@H](NC(=O)OC)C(C)C)[nH]4)c4ccsc34)c3sccc23)[nH]1)C(C)C. The molecule has 4 aliphatic heterocycles. The quantitative estimate of drug-likeness (QED) is 0.0292. The summed E-state index contributed by atoms with van der Waals surface area (Å²) < 4.78 is 33.8. The molecule has 4 saturated heterocycles. The number of aromatic amines is 4. The molecule has 12 heterocycles. The van der Waals surface area contributed by atoms with Gasteiger partial charge in [-0.3, -0.25) is 19.2 Å². The Morgan fingerprint density at radius 3 is 0.867 bits per heavy atom. The lowest BCUT2D eigenvalue weighted by atomic mass is 9.96. The molecule has 120 heavy (non-hydrogen) atoms. The van der Waals surface area contributed by atoms with Crippen molar-refractivity contribution < 1.29 is 66.1 Å². The van der Waals surface area contributed by atoms with Crippen LogP contribution in [-0.2, 0) is 38.1 Å². The molecular formula is C88H100N16O14S2. The number of rotatable bonds is 22. The van der Waals surface area contributed by atoms with Crippen molar-refractivity contribution in [3.05, 3.63) is 144 Å². The van der Waals surface area contributed by atoms with E-state index in [2.05, 4.69) is 88.4 Å². The number of furan rings is 2. The minimum atomic E-state index is -0.723. The third-order valence-electron chi connectivity index (χ3n) is 23.6. The van der Waals surface area contributed by atoms with Gasteiger partial charge in [-0.05, 0) is 122 Å². The maximum atomic E-state index is 13.7. The molecule has 4 fully saturated rings. The summed E-state index contributed by atoms with van der Waals surface area (Å²) in [6, 6.07) is 21.0. The van der Waals surface area contributed by atoms with Crippen molar-refractivity contribution in [1.82, 2.24) is 80.7 Å². The number of aromatic nitrogens is 8. The van der Waals surface area contributed by atoms with E-state index in [0.29, 0.717) is 49.0 Å². The van der Waals surface area contributed by atoms with Gasteiger partial charge >= 0.3 is 24.4 Å². The number of hydrogen-bond acceptors (Lipinski definition) is 20. The third-order valence-corrected chi connectivity index (χ3v) is 25.5. The van der Waals surface area contributed by atoms with E-state index in [1.165, 1.54) is 28.4 Å². The number of H-pyrrole nitrogens is 4. The van der Waals surface area contributed by atoms with Crippen molar-refractivity contribution >= 4 is 113 Å². The van der Waals surface area contributed by atoms with Gasteiger partial charge in [-0.2, -0.15) is 0 Å². The van der Waals surface area contributed by atoms with Crippen molar-refractivity contribution in [2.45, 2.75) is 155 Å². The molecular weight excluding hydrogens is 1570 g/mol. The molecule has 0 bridgehead atoms. The summed E-state index contributed by atoms with van der Waals surface area (Å²) in [5, 5.41) is 19.0. The van der Waals surface area contributed by atoms with Crippen LogP contribution in [0.15, 0.2) is 130 Å². The van der Waals surface area contributed by atoms with Crippen LogP contribution in [0.4, 0.5) is 19.2 Å². The second-order valence-electron chi connectivity index (χ2n) is 32.2. The van der Waals surface area contributed by atoms with E-state index in [-0.39, 0.29) is 71.5 Å².